The van der Waals surface area contributed by atoms with Gasteiger partial charge in [-0.05, 0) is 42.1 Å². The van der Waals surface area contributed by atoms with Crippen molar-refractivity contribution < 1.29 is 0 Å². The molecule has 0 saturated heterocycles. The number of rotatable bonds is 9. The summed E-state index contributed by atoms with van der Waals surface area (Å²) in [6.45, 7) is 9.65. The van der Waals surface area contributed by atoms with Crippen LogP contribution < -0.4 is 5.32 Å². The summed E-state index contributed by atoms with van der Waals surface area (Å²) in [6, 6.07) is 13.4. The maximum atomic E-state index is 3.44. The first kappa shape index (κ1) is 16.2. The van der Waals surface area contributed by atoms with Gasteiger partial charge in [0.1, 0.15) is 0 Å². The second-order valence-corrected chi connectivity index (χ2v) is 6.41. The third-order valence-corrected chi connectivity index (χ3v) is 4.45. The highest BCUT2D eigenvalue weighted by molar-refractivity contribution is 7.09. The summed E-state index contributed by atoms with van der Waals surface area (Å²) in [5.74, 6) is 0. The summed E-state index contributed by atoms with van der Waals surface area (Å²) in [6.07, 6.45) is 1.19. The van der Waals surface area contributed by atoms with Gasteiger partial charge in [-0.15, -0.1) is 11.3 Å². The Balaban J connectivity index is 1.86. The van der Waals surface area contributed by atoms with Crippen molar-refractivity contribution in [3.05, 3.63) is 57.8 Å². The normalized spacial score (nSPS) is 11.2. The predicted octanol–water partition coefficient (Wildman–Crippen LogP) is 4.27. The number of hydrogen-bond donors (Lipinski definition) is 1. The number of benzene rings is 1. The molecule has 0 atom stereocenters. The van der Waals surface area contributed by atoms with Crippen LogP contribution in [0, 0.1) is 0 Å². The van der Waals surface area contributed by atoms with Crippen molar-refractivity contribution in [1.29, 1.82) is 0 Å². The topological polar surface area (TPSA) is 15.3 Å². The zero-order valence-electron chi connectivity index (χ0n) is 13.1. The van der Waals surface area contributed by atoms with Gasteiger partial charge in [0.05, 0.1) is 0 Å². The van der Waals surface area contributed by atoms with E-state index in [4.69, 9.17) is 0 Å². The van der Waals surface area contributed by atoms with Crippen LogP contribution in [0.1, 0.15) is 36.3 Å². The summed E-state index contributed by atoms with van der Waals surface area (Å²) in [5.41, 5.74) is 2.76. The minimum atomic E-state index is 0.973. The van der Waals surface area contributed by atoms with Crippen LogP contribution in [0.25, 0.3) is 0 Å². The van der Waals surface area contributed by atoms with E-state index in [2.05, 4.69) is 65.8 Å². The molecule has 0 spiro atoms. The highest BCUT2D eigenvalue weighted by Crippen LogP contribution is 2.14. The fraction of sp³-hybridized carbons (Fsp3) is 0.444. The third-order valence-electron chi connectivity index (χ3n) is 3.59. The molecule has 1 heterocycles. The smallest absolute Gasteiger partial charge is 0.0331 e. The molecule has 0 aliphatic rings. The van der Waals surface area contributed by atoms with Gasteiger partial charge in [-0.1, -0.05) is 44.2 Å². The molecule has 2 aromatic rings. The lowest BCUT2D eigenvalue weighted by molar-refractivity contribution is 0.274. The Morgan fingerprint density at radius 1 is 1.00 bits per heavy atom. The molecule has 1 aromatic heterocycles. The number of thiophene rings is 1. The SMILES string of the molecule is CCCNCc1ccc(CN(CC)Cc2cccs2)cc1. The molecular formula is C18H26N2S. The lowest BCUT2D eigenvalue weighted by Gasteiger charge is -2.19. The van der Waals surface area contributed by atoms with Crippen LogP contribution in [0.15, 0.2) is 41.8 Å². The van der Waals surface area contributed by atoms with Crippen molar-refractivity contribution in [3.8, 4) is 0 Å². The highest BCUT2D eigenvalue weighted by Gasteiger charge is 2.05. The van der Waals surface area contributed by atoms with Gasteiger partial charge in [-0.2, -0.15) is 0 Å². The molecule has 2 rings (SSSR count). The average Bonchev–Trinajstić information content (AvgIpc) is 3.01. The van der Waals surface area contributed by atoms with Gasteiger partial charge in [-0.25, -0.2) is 0 Å². The van der Waals surface area contributed by atoms with E-state index >= 15 is 0 Å². The molecule has 21 heavy (non-hydrogen) atoms. The molecule has 0 bridgehead atoms. The molecule has 0 aliphatic carbocycles. The Kier molecular flexibility index (Phi) is 6.93. The quantitative estimate of drug-likeness (QED) is 0.696. The van der Waals surface area contributed by atoms with E-state index in [0.717, 1.165) is 32.7 Å². The largest absolute Gasteiger partial charge is 0.313 e. The molecule has 0 unspecified atom stereocenters. The Bertz CT molecular complexity index is 490. The molecule has 0 fully saturated rings. The van der Waals surface area contributed by atoms with E-state index in [-0.39, 0.29) is 0 Å². The Hall–Kier alpha value is -1.16. The van der Waals surface area contributed by atoms with Crippen LogP contribution in [0.3, 0.4) is 0 Å². The maximum Gasteiger partial charge on any atom is 0.0331 e. The zero-order chi connectivity index (χ0) is 14.9. The standard InChI is InChI=1S/C18H26N2S/c1-3-11-19-13-16-7-9-17(10-8-16)14-20(4-2)15-18-6-5-12-21-18/h5-10,12,19H,3-4,11,13-15H2,1-2H3. The Morgan fingerprint density at radius 2 is 1.76 bits per heavy atom. The molecule has 1 aromatic carbocycles. The molecule has 0 saturated carbocycles. The Labute approximate surface area is 132 Å². The molecule has 2 nitrogen and oxygen atoms in total. The van der Waals surface area contributed by atoms with Gasteiger partial charge in [0, 0.05) is 24.5 Å². The maximum absolute atomic E-state index is 3.44. The highest BCUT2D eigenvalue weighted by atomic mass is 32.1. The van der Waals surface area contributed by atoms with Crippen LogP contribution in [0.2, 0.25) is 0 Å². The first-order chi connectivity index (χ1) is 10.3. The van der Waals surface area contributed by atoms with E-state index in [0.29, 0.717) is 0 Å². The second kappa shape index (κ2) is 8.98. The monoisotopic (exact) mass is 302 g/mol. The van der Waals surface area contributed by atoms with E-state index < -0.39 is 0 Å². The van der Waals surface area contributed by atoms with Crippen LogP contribution in [0.5, 0.6) is 0 Å². The van der Waals surface area contributed by atoms with Gasteiger partial charge < -0.3 is 5.32 Å². The van der Waals surface area contributed by atoms with Crippen LogP contribution >= 0.6 is 11.3 Å². The van der Waals surface area contributed by atoms with E-state index in [1.807, 2.05) is 11.3 Å². The predicted molar refractivity (Wildman–Crippen MR) is 92.5 cm³/mol. The number of nitrogens with one attached hydrogen (secondary N) is 1. The summed E-state index contributed by atoms with van der Waals surface area (Å²) in [4.78, 5) is 3.92. The van der Waals surface area contributed by atoms with Crippen molar-refractivity contribution in [2.75, 3.05) is 13.1 Å². The number of hydrogen-bond acceptors (Lipinski definition) is 3. The molecule has 0 radical (unpaired) electrons. The molecule has 0 amide bonds. The third kappa shape index (κ3) is 5.62. The molecule has 1 N–H and O–H groups in total. The van der Waals surface area contributed by atoms with Gasteiger partial charge >= 0.3 is 0 Å². The van der Waals surface area contributed by atoms with E-state index in [1.165, 1.54) is 22.4 Å². The fourth-order valence-electron chi connectivity index (χ4n) is 2.33. The van der Waals surface area contributed by atoms with Gasteiger partial charge in [0.2, 0.25) is 0 Å². The summed E-state index contributed by atoms with van der Waals surface area (Å²) < 4.78 is 0. The number of nitrogens with zero attached hydrogens (tertiary/aromatic N) is 1. The summed E-state index contributed by atoms with van der Waals surface area (Å²) in [5, 5.41) is 5.60. The van der Waals surface area contributed by atoms with Crippen molar-refractivity contribution >= 4 is 11.3 Å². The van der Waals surface area contributed by atoms with Gasteiger partial charge in [-0.3, -0.25) is 4.90 Å². The summed E-state index contributed by atoms with van der Waals surface area (Å²) in [7, 11) is 0. The van der Waals surface area contributed by atoms with Gasteiger partial charge in [0.25, 0.3) is 0 Å². The molecule has 0 aliphatic heterocycles. The fourth-order valence-corrected chi connectivity index (χ4v) is 3.08. The molecule has 114 valence electrons. The van der Waals surface area contributed by atoms with Crippen molar-refractivity contribution in [1.82, 2.24) is 10.2 Å². The zero-order valence-corrected chi connectivity index (χ0v) is 14.0. The van der Waals surface area contributed by atoms with Crippen molar-refractivity contribution in [2.24, 2.45) is 0 Å². The second-order valence-electron chi connectivity index (χ2n) is 5.38. The van der Waals surface area contributed by atoms with E-state index in [9.17, 15) is 0 Å². The average molecular weight is 302 g/mol. The van der Waals surface area contributed by atoms with Crippen molar-refractivity contribution in [3.63, 3.8) is 0 Å². The van der Waals surface area contributed by atoms with Crippen LogP contribution in [-0.2, 0) is 19.6 Å². The summed E-state index contributed by atoms with van der Waals surface area (Å²) >= 11 is 1.84. The first-order valence-electron chi connectivity index (χ1n) is 7.85. The van der Waals surface area contributed by atoms with Gasteiger partial charge in [0.15, 0.2) is 0 Å². The van der Waals surface area contributed by atoms with Crippen LogP contribution in [0.4, 0.5) is 0 Å². The lowest BCUT2D eigenvalue weighted by Crippen LogP contribution is -2.21. The molecular weight excluding hydrogens is 276 g/mol. The van der Waals surface area contributed by atoms with Crippen molar-refractivity contribution in [2.45, 2.75) is 39.9 Å². The lowest BCUT2D eigenvalue weighted by atomic mass is 10.1. The van der Waals surface area contributed by atoms with Crippen LogP contribution in [-0.4, -0.2) is 18.0 Å². The minimum Gasteiger partial charge on any atom is -0.313 e. The minimum absolute atomic E-state index is 0.973. The Morgan fingerprint density at radius 3 is 2.38 bits per heavy atom. The van der Waals surface area contributed by atoms with E-state index in [1.54, 1.807) is 0 Å². The first-order valence-corrected chi connectivity index (χ1v) is 8.73. The molecule has 3 heteroatoms.